The maximum atomic E-state index is 13.9. The Hall–Kier alpha value is -1.67. The first-order valence-corrected chi connectivity index (χ1v) is 11.1. The Kier molecular flexibility index (Phi) is 5.73. The SMILES string of the molecule is CC(C)(C)OC(=O)N1CCC2(CC1)Cc1ncc(F)cc1C2=N[S+]([O-])C(C)(C)C. The number of hydrogen-bond acceptors (Lipinski definition) is 5. The number of hydrogen-bond donors (Lipinski definition) is 0. The van der Waals surface area contributed by atoms with Crippen LogP contribution in [0, 0.1) is 11.2 Å². The van der Waals surface area contributed by atoms with Gasteiger partial charge in [-0.15, -0.1) is 0 Å². The number of nitrogens with zero attached hydrogens (tertiary/aromatic N) is 3. The van der Waals surface area contributed by atoms with Crippen LogP contribution in [0.25, 0.3) is 0 Å². The number of ether oxygens (including phenoxy) is 1. The van der Waals surface area contributed by atoms with E-state index in [2.05, 4.69) is 9.38 Å². The molecule has 3 rings (SSSR count). The highest BCUT2D eigenvalue weighted by Crippen LogP contribution is 2.45. The van der Waals surface area contributed by atoms with Gasteiger partial charge in [0.15, 0.2) is 0 Å². The fourth-order valence-electron chi connectivity index (χ4n) is 3.73. The molecule has 0 saturated carbocycles. The molecular weight excluding hydrogens is 393 g/mol. The average Bonchev–Trinajstić information content (AvgIpc) is 2.86. The van der Waals surface area contributed by atoms with Gasteiger partial charge in [-0.25, -0.2) is 9.18 Å². The topological polar surface area (TPSA) is 77.8 Å². The lowest BCUT2D eigenvalue weighted by Crippen LogP contribution is -2.47. The standard InChI is InChI=1S/C21H30FN3O3S/c1-19(2,3)28-18(26)25-9-7-21(8-10-25)12-16-15(11-14(22)13-23-16)17(21)24-29(27)20(4,5)6/h11,13H,7-10,12H2,1-6H3. The summed E-state index contributed by atoms with van der Waals surface area (Å²) in [4.78, 5) is 18.4. The van der Waals surface area contributed by atoms with Crippen molar-refractivity contribution >= 4 is 23.2 Å². The zero-order valence-corrected chi connectivity index (χ0v) is 18.9. The van der Waals surface area contributed by atoms with Crippen molar-refractivity contribution in [3.8, 4) is 0 Å². The van der Waals surface area contributed by atoms with E-state index >= 15 is 0 Å². The number of likely N-dealkylation sites (tertiary alicyclic amines) is 1. The first-order chi connectivity index (χ1) is 13.3. The van der Waals surface area contributed by atoms with Crippen LogP contribution in [-0.4, -0.2) is 49.7 Å². The summed E-state index contributed by atoms with van der Waals surface area (Å²) in [5.74, 6) is -0.429. The number of carbonyl (C=O) groups excluding carboxylic acids is 1. The molecule has 0 N–H and O–H groups in total. The second-order valence-corrected chi connectivity index (χ2v) is 11.8. The molecule has 1 amide bonds. The molecule has 1 unspecified atom stereocenters. The van der Waals surface area contributed by atoms with Crippen LogP contribution in [0.15, 0.2) is 16.7 Å². The Balaban J connectivity index is 1.88. The van der Waals surface area contributed by atoms with Crippen molar-refractivity contribution in [3.63, 3.8) is 0 Å². The lowest BCUT2D eigenvalue weighted by Gasteiger charge is -2.39. The van der Waals surface area contributed by atoms with E-state index in [9.17, 15) is 13.7 Å². The van der Waals surface area contributed by atoms with Crippen molar-refractivity contribution in [3.05, 3.63) is 29.3 Å². The number of amides is 1. The van der Waals surface area contributed by atoms with Crippen molar-refractivity contribution in [2.45, 2.75) is 71.2 Å². The third-order valence-corrected chi connectivity index (χ3v) is 6.67. The van der Waals surface area contributed by atoms with E-state index in [1.54, 1.807) is 4.90 Å². The number of rotatable bonds is 1. The van der Waals surface area contributed by atoms with Gasteiger partial charge in [0.25, 0.3) is 0 Å². The predicted octanol–water partition coefficient (Wildman–Crippen LogP) is 4.05. The number of fused-ring (bicyclic) bond motifs is 1. The highest BCUT2D eigenvalue weighted by molar-refractivity contribution is 7.91. The minimum atomic E-state index is -1.47. The molecule has 1 atom stereocenters. The molecule has 1 saturated heterocycles. The maximum absolute atomic E-state index is 13.9. The van der Waals surface area contributed by atoms with Gasteiger partial charge in [-0.2, -0.15) is 0 Å². The van der Waals surface area contributed by atoms with Gasteiger partial charge >= 0.3 is 6.09 Å². The number of aromatic nitrogens is 1. The number of piperidine rings is 1. The first-order valence-electron chi connectivity index (χ1n) is 9.95. The largest absolute Gasteiger partial charge is 0.591 e. The molecular formula is C21H30FN3O3S. The lowest BCUT2D eigenvalue weighted by atomic mass is 9.75. The summed E-state index contributed by atoms with van der Waals surface area (Å²) < 4.78 is 36.3. The van der Waals surface area contributed by atoms with Gasteiger partial charge in [0.2, 0.25) is 0 Å². The summed E-state index contributed by atoms with van der Waals surface area (Å²) in [5.41, 5.74) is 1.16. The van der Waals surface area contributed by atoms with Crippen LogP contribution in [-0.2, 0) is 22.5 Å². The summed E-state index contributed by atoms with van der Waals surface area (Å²) in [5, 5.41) is 0. The molecule has 1 aliphatic heterocycles. The quantitative estimate of drug-likeness (QED) is 0.639. The summed E-state index contributed by atoms with van der Waals surface area (Å²) in [7, 11) is 0. The molecule has 2 heterocycles. The molecule has 29 heavy (non-hydrogen) atoms. The maximum Gasteiger partial charge on any atom is 0.410 e. The van der Waals surface area contributed by atoms with Crippen molar-refractivity contribution in [1.29, 1.82) is 0 Å². The third kappa shape index (κ3) is 4.74. The van der Waals surface area contributed by atoms with Gasteiger partial charge in [0.05, 0.1) is 11.9 Å². The number of pyridine rings is 1. The summed E-state index contributed by atoms with van der Waals surface area (Å²) >= 11 is -1.47. The third-order valence-electron chi connectivity index (χ3n) is 5.27. The fraction of sp³-hybridized carbons (Fsp3) is 0.667. The number of carbonyl (C=O) groups is 1. The van der Waals surface area contributed by atoms with Crippen LogP contribution in [0.1, 0.15) is 65.6 Å². The minimum Gasteiger partial charge on any atom is -0.591 e. The Morgan fingerprint density at radius 2 is 1.90 bits per heavy atom. The molecule has 0 aromatic carbocycles. The van der Waals surface area contributed by atoms with E-state index in [4.69, 9.17) is 4.74 Å². The normalized spacial score (nSPS) is 21.4. The van der Waals surface area contributed by atoms with Gasteiger partial charge < -0.3 is 14.2 Å². The van der Waals surface area contributed by atoms with Crippen LogP contribution < -0.4 is 0 Å². The molecule has 1 aromatic rings. The zero-order chi connectivity index (χ0) is 21.6. The highest BCUT2D eigenvalue weighted by Gasteiger charge is 2.49. The van der Waals surface area contributed by atoms with Crippen LogP contribution in [0.4, 0.5) is 9.18 Å². The molecule has 0 radical (unpaired) electrons. The van der Waals surface area contributed by atoms with Crippen molar-refractivity contribution in [1.82, 2.24) is 9.88 Å². The van der Waals surface area contributed by atoms with Gasteiger partial charge in [-0.1, -0.05) is 4.40 Å². The predicted molar refractivity (Wildman–Crippen MR) is 112 cm³/mol. The molecule has 8 heteroatoms. The van der Waals surface area contributed by atoms with E-state index in [0.717, 1.165) is 5.69 Å². The van der Waals surface area contributed by atoms with Crippen molar-refractivity contribution < 1.29 is 18.5 Å². The average molecular weight is 424 g/mol. The van der Waals surface area contributed by atoms with Crippen molar-refractivity contribution in [2.24, 2.45) is 9.81 Å². The van der Waals surface area contributed by atoms with Gasteiger partial charge in [0.1, 0.15) is 33.2 Å². The van der Waals surface area contributed by atoms with Crippen LogP contribution in [0.3, 0.4) is 0 Å². The van der Waals surface area contributed by atoms with Crippen LogP contribution >= 0.6 is 0 Å². The van der Waals surface area contributed by atoms with Gasteiger partial charge in [-0.3, -0.25) is 4.98 Å². The van der Waals surface area contributed by atoms with E-state index in [-0.39, 0.29) is 11.5 Å². The molecule has 2 aliphatic rings. The summed E-state index contributed by atoms with van der Waals surface area (Å²) in [6.07, 6.45) is 2.79. The first kappa shape index (κ1) is 22.0. The van der Waals surface area contributed by atoms with E-state index in [1.165, 1.54) is 12.3 Å². The smallest absolute Gasteiger partial charge is 0.410 e. The van der Waals surface area contributed by atoms with Crippen LogP contribution in [0.2, 0.25) is 0 Å². The Morgan fingerprint density at radius 1 is 1.28 bits per heavy atom. The molecule has 0 bridgehead atoms. The molecule has 1 fully saturated rings. The Bertz CT molecular complexity index is 821. The van der Waals surface area contributed by atoms with Crippen LogP contribution in [0.5, 0.6) is 0 Å². The lowest BCUT2D eigenvalue weighted by molar-refractivity contribution is 0.0159. The Labute approximate surface area is 175 Å². The minimum absolute atomic E-state index is 0.330. The fourth-order valence-corrected chi connectivity index (χ4v) is 4.46. The number of halogens is 1. The Morgan fingerprint density at radius 3 is 2.45 bits per heavy atom. The molecule has 1 aromatic heterocycles. The monoisotopic (exact) mass is 423 g/mol. The second-order valence-electron chi connectivity index (χ2n) is 9.87. The van der Waals surface area contributed by atoms with E-state index < -0.39 is 27.5 Å². The molecule has 6 nitrogen and oxygen atoms in total. The van der Waals surface area contributed by atoms with Gasteiger partial charge in [0, 0.05) is 30.5 Å². The zero-order valence-electron chi connectivity index (χ0n) is 18.0. The summed E-state index contributed by atoms with van der Waals surface area (Å²) in [6, 6.07) is 1.44. The van der Waals surface area contributed by atoms with E-state index in [0.29, 0.717) is 43.6 Å². The molecule has 160 valence electrons. The van der Waals surface area contributed by atoms with Crippen molar-refractivity contribution in [2.75, 3.05) is 13.1 Å². The molecule has 1 spiro atoms. The highest BCUT2D eigenvalue weighted by atomic mass is 32.2. The van der Waals surface area contributed by atoms with E-state index in [1.807, 2.05) is 41.5 Å². The second kappa shape index (κ2) is 7.54. The summed E-state index contributed by atoms with van der Waals surface area (Å²) in [6.45, 7) is 12.1. The van der Waals surface area contributed by atoms with Gasteiger partial charge in [-0.05, 0) is 60.5 Å². The molecule has 1 aliphatic carbocycles.